The van der Waals surface area contributed by atoms with Crippen molar-refractivity contribution < 1.29 is 4.79 Å². The minimum atomic E-state index is 0.124. The second-order valence-electron chi connectivity index (χ2n) is 3.39. The summed E-state index contributed by atoms with van der Waals surface area (Å²) in [4.78, 5) is 13.6. The lowest BCUT2D eigenvalue weighted by Gasteiger charge is -2.31. The molecule has 1 amide bonds. The summed E-state index contributed by atoms with van der Waals surface area (Å²) < 4.78 is 0. The summed E-state index contributed by atoms with van der Waals surface area (Å²) in [5.74, 6) is 0.194. The minimum absolute atomic E-state index is 0.124. The molecule has 1 aliphatic rings. The number of carbonyl (C=O) groups excluding carboxylic acids is 1. The normalized spacial score (nSPS) is 25.3. The molecule has 1 rings (SSSR count). The van der Waals surface area contributed by atoms with E-state index in [-0.39, 0.29) is 11.9 Å². The number of hydrogen-bond acceptors (Lipinski definition) is 2. The third-order valence-electron chi connectivity index (χ3n) is 2.42. The fourth-order valence-corrected chi connectivity index (χ4v) is 1.70. The van der Waals surface area contributed by atoms with Crippen LogP contribution in [0.1, 0.15) is 26.2 Å². The van der Waals surface area contributed by atoms with Crippen molar-refractivity contribution in [3.8, 4) is 0 Å². The van der Waals surface area contributed by atoms with Gasteiger partial charge in [-0.3, -0.25) is 9.69 Å². The Morgan fingerprint density at radius 2 is 2.33 bits per heavy atom. The van der Waals surface area contributed by atoms with E-state index in [0.29, 0.717) is 0 Å². The molecular formula is C9H18N2O. The number of likely N-dealkylation sites (N-methyl/N-ethyl adjacent to an activating group) is 2. The van der Waals surface area contributed by atoms with Crippen LogP contribution in [-0.2, 0) is 4.79 Å². The van der Waals surface area contributed by atoms with Gasteiger partial charge in [-0.2, -0.15) is 0 Å². The Labute approximate surface area is 74.1 Å². The van der Waals surface area contributed by atoms with Gasteiger partial charge in [0.2, 0.25) is 5.91 Å². The number of nitrogens with one attached hydrogen (secondary N) is 1. The zero-order valence-corrected chi connectivity index (χ0v) is 7.97. The summed E-state index contributed by atoms with van der Waals surface area (Å²) >= 11 is 0. The SMILES string of the molecule is CCNC(=O)[C@H]1CCCCN1C. The molecule has 0 aromatic carbocycles. The van der Waals surface area contributed by atoms with E-state index in [0.717, 1.165) is 19.5 Å². The fourth-order valence-electron chi connectivity index (χ4n) is 1.70. The maximum atomic E-state index is 11.5. The molecule has 0 radical (unpaired) electrons. The van der Waals surface area contributed by atoms with Crippen molar-refractivity contribution in [1.29, 1.82) is 0 Å². The van der Waals surface area contributed by atoms with Gasteiger partial charge < -0.3 is 5.32 Å². The van der Waals surface area contributed by atoms with Crippen LogP contribution in [0.2, 0.25) is 0 Å². The van der Waals surface area contributed by atoms with Crippen molar-refractivity contribution in [2.45, 2.75) is 32.2 Å². The molecule has 0 aromatic heterocycles. The number of likely N-dealkylation sites (tertiary alicyclic amines) is 1. The van der Waals surface area contributed by atoms with Crippen LogP contribution in [0, 0.1) is 0 Å². The molecule has 0 spiro atoms. The predicted molar refractivity (Wildman–Crippen MR) is 49.0 cm³/mol. The molecule has 0 bridgehead atoms. The average Bonchev–Trinajstić information content (AvgIpc) is 2.05. The van der Waals surface area contributed by atoms with E-state index in [1.165, 1.54) is 12.8 Å². The van der Waals surface area contributed by atoms with Crippen molar-refractivity contribution in [2.24, 2.45) is 0 Å². The molecule has 1 atom stereocenters. The first kappa shape index (κ1) is 9.52. The quantitative estimate of drug-likeness (QED) is 0.658. The van der Waals surface area contributed by atoms with Crippen molar-refractivity contribution in [1.82, 2.24) is 10.2 Å². The van der Waals surface area contributed by atoms with Crippen LogP contribution in [0.4, 0.5) is 0 Å². The van der Waals surface area contributed by atoms with Crippen LogP contribution in [0.25, 0.3) is 0 Å². The Morgan fingerprint density at radius 3 is 2.92 bits per heavy atom. The topological polar surface area (TPSA) is 32.3 Å². The van der Waals surface area contributed by atoms with Crippen LogP contribution in [0.5, 0.6) is 0 Å². The van der Waals surface area contributed by atoms with Crippen LogP contribution >= 0.6 is 0 Å². The zero-order valence-electron chi connectivity index (χ0n) is 7.97. The number of carbonyl (C=O) groups is 1. The number of rotatable bonds is 2. The minimum Gasteiger partial charge on any atom is -0.355 e. The smallest absolute Gasteiger partial charge is 0.237 e. The second-order valence-corrected chi connectivity index (χ2v) is 3.39. The van der Waals surface area contributed by atoms with E-state index in [4.69, 9.17) is 0 Å². The Morgan fingerprint density at radius 1 is 1.58 bits per heavy atom. The van der Waals surface area contributed by atoms with Gasteiger partial charge in [-0.15, -0.1) is 0 Å². The van der Waals surface area contributed by atoms with E-state index < -0.39 is 0 Å². The molecule has 1 heterocycles. The summed E-state index contributed by atoms with van der Waals surface area (Å²) in [5, 5.41) is 2.87. The first-order valence-electron chi connectivity index (χ1n) is 4.73. The molecule has 0 saturated carbocycles. The van der Waals surface area contributed by atoms with E-state index in [1.54, 1.807) is 0 Å². The molecule has 0 aliphatic carbocycles. The van der Waals surface area contributed by atoms with Crippen molar-refractivity contribution in [3.63, 3.8) is 0 Å². The standard InChI is InChI=1S/C9H18N2O/c1-3-10-9(12)8-6-4-5-7-11(8)2/h8H,3-7H2,1-2H3,(H,10,12)/t8-/m1/s1. The summed E-state index contributed by atoms with van der Waals surface area (Å²) in [7, 11) is 2.03. The lowest BCUT2D eigenvalue weighted by molar-refractivity contribution is -0.126. The van der Waals surface area contributed by atoms with E-state index in [2.05, 4.69) is 10.2 Å². The van der Waals surface area contributed by atoms with E-state index in [1.807, 2.05) is 14.0 Å². The molecule has 3 heteroatoms. The Kier molecular flexibility index (Phi) is 3.53. The van der Waals surface area contributed by atoms with Crippen LogP contribution in [0.3, 0.4) is 0 Å². The van der Waals surface area contributed by atoms with Gasteiger partial charge in [0, 0.05) is 6.54 Å². The summed E-state index contributed by atoms with van der Waals surface area (Å²) in [6.45, 7) is 3.76. The first-order chi connectivity index (χ1) is 5.75. The largest absolute Gasteiger partial charge is 0.355 e. The van der Waals surface area contributed by atoms with Crippen LogP contribution < -0.4 is 5.32 Å². The summed E-state index contributed by atoms with van der Waals surface area (Å²) in [5.41, 5.74) is 0. The van der Waals surface area contributed by atoms with Gasteiger partial charge >= 0.3 is 0 Å². The van der Waals surface area contributed by atoms with Crippen molar-refractivity contribution in [3.05, 3.63) is 0 Å². The maximum Gasteiger partial charge on any atom is 0.237 e. The van der Waals surface area contributed by atoms with Crippen LogP contribution in [0.15, 0.2) is 0 Å². The Hall–Kier alpha value is -0.570. The monoisotopic (exact) mass is 170 g/mol. The number of nitrogens with zero attached hydrogens (tertiary/aromatic N) is 1. The summed E-state index contributed by atoms with van der Waals surface area (Å²) in [6, 6.07) is 0.124. The highest BCUT2D eigenvalue weighted by molar-refractivity contribution is 5.81. The molecule has 3 nitrogen and oxygen atoms in total. The van der Waals surface area contributed by atoms with Gasteiger partial charge in [-0.25, -0.2) is 0 Å². The van der Waals surface area contributed by atoms with E-state index in [9.17, 15) is 4.79 Å². The number of amides is 1. The third kappa shape index (κ3) is 2.21. The van der Waals surface area contributed by atoms with Gasteiger partial charge in [0.1, 0.15) is 0 Å². The highest BCUT2D eigenvalue weighted by Crippen LogP contribution is 2.14. The molecule has 1 saturated heterocycles. The average molecular weight is 170 g/mol. The number of hydrogen-bond donors (Lipinski definition) is 1. The van der Waals surface area contributed by atoms with Gasteiger partial charge in [0.05, 0.1) is 6.04 Å². The molecule has 1 aliphatic heterocycles. The summed E-state index contributed by atoms with van der Waals surface area (Å²) in [6.07, 6.45) is 3.43. The molecule has 12 heavy (non-hydrogen) atoms. The molecular weight excluding hydrogens is 152 g/mol. The third-order valence-corrected chi connectivity index (χ3v) is 2.42. The first-order valence-corrected chi connectivity index (χ1v) is 4.73. The Bertz CT molecular complexity index is 159. The maximum absolute atomic E-state index is 11.5. The van der Waals surface area contributed by atoms with Gasteiger partial charge in [-0.1, -0.05) is 6.42 Å². The molecule has 1 N–H and O–H groups in total. The highest BCUT2D eigenvalue weighted by atomic mass is 16.2. The van der Waals surface area contributed by atoms with Crippen molar-refractivity contribution >= 4 is 5.91 Å². The lowest BCUT2D eigenvalue weighted by atomic mass is 10.0. The van der Waals surface area contributed by atoms with Gasteiger partial charge in [0.15, 0.2) is 0 Å². The van der Waals surface area contributed by atoms with Gasteiger partial charge in [-0.05, 0) is 33.4 Å². The van der Waals surface area contributed by atoms with Crippen LogP contribution in [-0.4, -0.2) is 37.0 Å². The molecule has 0 aromatic rings. The van der Waals surface area contributed by atoms with Crippen molar-refractivity contribution in [2.75, 3.05) is 20.1 Å². The predicted octanol–water partition coefficient (Wildman–Crippen LogP) is 0.607. The Balaban J connectivity index is 2.42. The van der Waals surface area contributed by atoms with Gasteiger partial charge in [0.25, 0.3) is 0 Å². The van der Waals surface area contributed by atoms with E-state index >= 15 is 0 Å². The zero-order chi connectivity index (χ0) is 8.97. The second kappa shape index (κ2) is 4.45. The fraction of sp³-hybridized carbons (Fsp3) is 0.889. The lowest BCUT2D eigenvalue weighted by Crippen LogP contribution is -2.47. The highest BCUT2D eigenvalue weighted by Gasteiger charge is 2.24. The molecule has 1 fully saturated rings. The molecule has 70 valence electrons. The molecule has 0 unspecified atom stereocenters. The number of piperidine rings is 1.